The molecule has 0 aliphatic carbocycles. The molecule has 0 spiro atoms. The first-order valence-electron chi connectivity index (χ1n) is 19.9. The van der Waals surface area contributed by atoms with Gasteiger partial charge in [-0.05, 0) is 57.8 Å². The second-order valence-corrected chi connectivity index (χ2v) is 13.4. The smallest absolute Gasteiger partial charge is 0.306 e. The molecule has 270 valence electrons. The number of rotatable bonds is 36. The molecule has 0 aliphatic rings. The van der Waals surface area contributed by atoms with Crippen molar-refractivity contribution in [2.75, 3.05) is 13.2 Å². The largest absolute Gasteiger partial charge is 0.462 e. The molecule has 0 heterocycles. The number of ether oxygens (including phenoxy) is 2. The van der Waals surface area contributed by atoms with Crippen molar-refractivity contribution in [1.82, 2.24) is 0 Å². The van der Waals surface area contributed by atoms with Gasteiger partial charge in [0.1, 0.15) is 6.61 Å². The molecule has 0 aromatic heterocycles. The fourth-order valence-electron chi connectivity index (χ4n) is 5.65. The maximum Gasteiger partial charge on any atom is 0.306 e. The maximum atomic E-state index is 12.1. The van der Waals surface area contributed by atoms with Gasteiger partial charge in [0.2, 0.25) is 0 Å². The molecule has 0 fully saturated rings. The van der Waals surface area contributed by atoms with Gasteiger partial charge in [-0.3, -0.25) is 9.59 Å². The van der Waals surface area contributed by atoms with E-state index in [0.29, 0.717) is 12.8 Å². The lowest BCUT2D eigenvalue weighted by Crippen LogP contribution is -2.28. The predicted octanol–water partition coefficient (Wildman–Crippen LogP) is 12.3. The summed E-state index contributed by atoms with van der Waals surface area (Å²) in [5.74, 6) is -0.598. The van der Waals surface area contributed by atoms with Crippen molar-refractivity contribution in [3.05, 3.63) is 24.3 Å². The molecule has 0 saturated carbocycles. The first kappa shape index (κ1) is 44.4. The van der Waals surface area contributed by atoms with Crippen molar-refractivity contribution in [3.63, 3.8) is 0 Å². The Labute approximate surface area is 285 Å². The Kier molecular flexibility index (Phi) is 36.5. The van der Waals surface area contributed by atoms with Crippen LogP contribution in [0, 0.1) is 0 Å². The van der Waals surface area contributed by atoms with Gasteiger partial charge in [0.25, 0.3) is 0 Å². The molecule has 5 heteroatoms. The normalized spacial score (nSPS) is 12.3. The van der Waals surface area contributed by atoms with Gasteiger partial charge in [0.05, 0.1) is 6.61 Å². The summed E-state index contributed by atoms with van der Waals surface area (Å²) in [6.45, 7) is 4.09. The van der Waals surface area contributed by atoms with Crippen LogP contribution in [0.5, 0.6) is 0 Å². The number of carbonyl (C=O) groups excluding carboxylic acids is 2. The third kappa shape index (κ3) is 35.2. The molecule has 46 heavy (non-hydrogen) atoms. The fraction of sp³-hybridized carbons (Fsp3) is 0.854. The number of unbranched alkanes of at least 4 members (excludes halogenated alkanes) is 24. The zero-order chi connectivity index (χ0) is 33.6. The first-order valence-corrected chi connectivity index (χ1v) is 19.9. The minimum absolute atomic E-state index is 0.0667. The van der Waals surface area contributed by atoms with E-state index >= 15 is 0 Å². The van der Waals surface area contributed by atoms with E-state index < -0.39 is 6.10 Å². The molecule has 0 aromatic rings. The third-order valence-electron chi connectivity index (χ3n) is 8.72. The summed E-state index contributed by atoms with van der Waals surface area (Å²) in [6, 6.07) is 0. The van der Waals surface area contributed by atoms with Gasteiger partial charge in [-0.2, -0.15) is 0 Å². The van der Waals surface area contributed by atoms with Crippen molar-refractivity contribution >= 4 is 11.9 Å². The lowest BCUT2D eigenvalue weighted by atomic mass is 10.0. The minimum Gasteiger partial charge on any atom is -0.462 e. The van der Waals surface area contributed by atoms with Gasteiger partial charge in [-0.15, -0.1) is 0 Å². The van der Waals surface area contributed by atoms with Gasteiger partial charge in [0, 0.05) is 12.8 Å². The summed E-state index contributed by atoms with van der Waals surface area (Å²) in [6.07, 6.45) is 43.9. The molecular weight excluding hydrogens is 572 g/mol. The highest BCUT2D eigenvalue weighted by atomic mass is 16.6. The monoisotopic (exact) mass is 649 g/mol. The Morgan fingerprint density at radius 2 is 0.826 bits per heavy atom. The molecule has 0 saturated heterocycles. The quantitative estimate of drug-likeness (QED) is 0.0416. The van der Waals surface area contributed by atoms with Crippen LogP contribution in [0.15, 0.2) is 24.3 Å². The summed E-state index contributed by atoms with van der Waals surface area (Å²) in [7, 11) is 0. The number of esters is 2. The Bertz CT molecular complexity index is 701. The molecule has 0 aromatic carbocycles. The van der Waals surface area contributed by atoms with Crippen molar-refractivity contribution < 1.29 is 24.2 Å². The molecular formula is C41H76O5. The van der Waals surface area contributed by atoms with Crippen molar-refractivity contribution in [2.45, 2.75) is 213 Å². The number of hydrogen-bond donors (Lipinski definition) is 1. The summed E-state index contributed by atoms with van der Waals surface area (Å²) in [4.78, 5) is 24.2. The SMILES string of the molecule is CCCCC=CCCCCCCCC(=O)OC(CO)COC(=O)CCCCCCCCCCCCCC=CCCCCCCCC. The zero-order valence-corrected chi connectivity index (χ0v) is 30.6. The van der Waals surface area contributed by atoms with Crippen LogP contribution < -0.4 is 0 Å². The number of aliphatic hydroxyl groups excluding tert-OH is 1. The maximum absolute atomic E-state index is 12.1. The Morgan fingerprint density at radius 1 is 0.478 bits per heavy atom. The van der Waals surface area contributed by atoms with Crippen LogP contribution in [0.4, 0.5) is 0 Å². The number of allylic oxidation sites excluding steroid dienone is 4. The van der Waals surface area contributed by atoms with E-state index in [1.807, 2.05) is 0 Å². The van der Waals surface area contributed by atoms with Crippen LogP contribution >= 0.6 is 0 Å². The van der Waals surface area contributed by atoms with Crippen molar-refractivity contribution in [2.24, 2.45) is 0 Å². The Balaban J connectivity index is 3.50. The average Bonchev–Trinajstić information content (AvgIpc) is 3.06. The van der Waals surface area contributed by atoms with Gasteiger partial charge >= 0.3 is 11.9 Å². The van der Waals surface area contributed by atoms with E-state index in [-0.39, 0.29) is 25.2 Å². The summed E-state index contributed by atoms with van der Waals surface area (Å²) in [5.41, 5.74) is 0. The Hall–Kier alpha value is -1.62. The van der Waals surface area contributed by atoms with Gasteiger partial charge in [-0.1, -0.05) is 160 Å². The average molecular weight is 649 g/mol. The molecule has 0 rings (SSSR count). The summed E-state index contributed by atoms with van der Waals surface area (Å²) < 4.78 is 10.6. The fourth-order valence-corrected chi connectivity index (χ4v) is 5.65. The van der Waals surface area contributed by atoms with E-state index in [1.165, 1.54) is 135 Å². The van der Waals surface area contributed by atoms with E-state index in [2.05, 4.69) is 38.2 Å². The highest BCUT2D eigenvalue weighted by molar-refractivity contribution is 5.70. The second-order valence-electron chi connectivity index (χ2n) is 13.4. The van der Waals surface area contributed by atoms with Crippen LogP contribution in [-0.2, 0) is 19.1 Å². The standard InChI is InChI=1S/C41H76O5/c1-3-5-7-9-11-13-15-16-17-18-19-20-21-22-23-24-26-27-29-31-33-35-40(43)45-38-39(37-42)46-41(44)36-34-32-30-28-25-14-12-10-8-6-4-2/h10,12,16-17,39,42H,3-9,11,13-15,18-38H2,1-2H3. The summed E-state index contributed by atoms with van der Waals surface area (Å²) >= 11 is 0. The molecule has 0 radical (unpaired) electrons. The minimum atomic E-state index is -0.771. The highest BCUT2D eigenvalue weighted by Crippen LogP contribution is 2.14. The van der Waals surface area contributed by atoms with Crippen molar-refractivity contribution in [3.8, 4) is 0 Å². The van der Waals surface area contributed by atoms with Crippen LogP contribution in [0.2, 0.25) is 0 Å². The zero-order valence-electron chi connectivity index (χ0n) is 30.6. The number of aliphatic hydroxyl groups is 1. The molecule has 1 unspecified atom stereocenters. The van der Waals surface area contributed by atoms with Gasteiger partial charge in [-0.25, -0.2) is 0 Å². The second kappa shape index (κ2) is 37.8. The topological polar surface area (TPSA) is 72.8 Å². The predicted molar refractivity (Wildman–Crippen MR) is 196 cm³/mol. The van der Waals surface area contributed by atoms with Crippen LogP contribution in [0.1, 0.15) is 206 Å². The Morgan fingerprint density at radius 3 is 1.24 bits per heavy atom. The van der Waals surface area contributed by atoms with Crippen LogP contribution in [0.3, 0.4) is 0 Å². The van der Waals surface area contributed by atoms with E-state index in [4.69, 9.17) is 9.47 Å². The van der Waals surface area contributed by atoms with E-state index in [1.54, 1.807) is 0 Å². The molecule has 1 N–H and O–H groups in total. The van der Waals surface area contributed by atoms with Crippen molar-refractivity contribution in [1.29, 1.82) is 0 Å². The van der Waals surface area contributed by atoms with Crippen LogP contribution in [-0.4, -0.2) is 36.4 Å². The van der Waals surface area contributed by atoms with Crippen LogP contribution in [0.25, 0.3) is 0 Å². The molecule has 5 nitrogen and oxygen atoms in total. The first-order chi connectivity index (χ1) is 22.6. The molecule has 1 atom stereocenters. The van der Waals surface area contributed by atoms with Gasteiger partial charge < -0.3 is 14.6 Å². The lowest BCUT2D eigenvalue weighted by molar-refractivity contribution is -0.161. The van der Waals surface area contributed by atoms with E-state index in [9.17, 15) is 14.7 Å². The third-order valence-corrected chi connectivity index (χ3v) is 8.72. The highest BCUT2D eigenvalue weighted by Gasteiger charge is 2.16. The lowest BCUT2D eigenvalue weighted by Gasteiger charge is -2.15. The van der Waals surface area contributed by atoms with E-state index in [0.717, 1.165) is 44.9 Å². The molecule has 0 bridgehead atoms. The number of hydrogen-bond acceptors (Lipinski definition) is 5. The summed E-state index contributed by atoms with van der Waals surface area (Å²) in [5, 5.41) is 9.53. The van der Waals surface area contributed by atoms with Gasteiger partial charge in [0.15, 0.2) is 6.10 Å². The molecule has 0 amide bonds. The molecule has 0 aliphatic heterocycles. The number of carbonyl (C=O) groups is 2.